The normalized spacial score (nSPS) is 17.5. The minimum absolute atomic E-state index is 0.0225. The lowest BCUT2D eigenvalue weighted by atomic mass is 9.99. The highest BCUT2D eigenvalue weighted by Crippen LogP contribution is 2.29. The van der Waals surface area contributed by atoms with Crippen molar-refractivity contribution in [1.82, 2.24) is 19.1 Å². The van der Waals surface area contributed by atoms with Crippen molar-refractivity contribution in [3.05, 3.63) is 66.0 Å². The molecule has 12 heteroatoms. The molecular formula is C22H22F3N5O3S. The molecule has 1 saturated heterocycles. The van der Waals surface area contributed by atoms with E-state index >= 15 is 0 Å². The number of hydrogen-bond donors (Lipinski definition) is 1. The van der Waals surface area contributed by atoms with Gasteiger partial charge in [-0.1, -0.05) is 18.2 Å². The summed E-state index contributed by atoms with van der Waals surface area (Å²) >= 11 is 0. The highest BCUT2D eigenvalue weighted by atomic mass is 32.2. The average molecular weight is 494 g/mol. The van der Waals surface area contributed by atoms with E-state index in [0.717, 1.165) is 6.07 Å². The number of sulfonamides is 1. The van der Waals surface area contributed by atoms with Crippen LogP contribution in [-0.4, -0.2) is 46.5 Å². The third kappa shape index (κ3) is 4.97. The lowest BCUT2D eigenvalue weighted by molar-refractivity contribution is -0.137. The van der Waals surface area contributed by atoms with Gasteiger partial charge in [-0.05, 0) is 44.0 Å². The number of benzene rings is 1. The molecule has 0 bridgehead atoms. The highest BCUT2D eigenvalue weighted by Gasteiger charge is 2.34. The van der Waals surface area contributed by atoms with Crippen LogP contribution in [0.15, 0.2) is 59.6 Å². The van der Waals surface area contributed by atoms with E-state index in [0.29, 0.717) is 31.3 Å². The number of amides is 1. The summed E-state index contributed by atoms with van der Waals surface area (Å²) in [7, 11) is -3.73. The Bertz CT molecular complexity index is 1280. The van der Waals surface area contributed by atoms with E-state index in [2.05, 4.69) is 15.4 Å². The maximum atomic E-state index is 13.0. The standard InChI is InChI=1S/C22H22F3N5O3S/c1-15-12-20(30(28-15)19-10-9-17(13-26-19)22(23,24)25)27-21(31)16-6-5-11-29(14-16)34(32,33)18-7-3-2-4-8-18/h2-4,7-10,12-13,16H,5-6,11,14H2,1H3,(H,27,31). The number of rotatable bonds is 5. The first-order valence-electron chi connectivity index (χ1n) is 10.5. The Hall–Kier alpha value is -3.25. The summed E-state index contributed by atoms with van der Waals surface area (Å²) in [6.07, 6.45) is -2.80. The van der Waals surface area contributed by atoms with Crippen LogP contribution in [0, 0.1) is 12.8 Å². The van der Waals surface area contributed by atoms with Crippen molar-refractivity contribution in [2.45, 2.75) is 30.8 Å². The molecule has 0 radical (unpaired) electrons. The van der Waals surface area contributed by atoms with Crippen LogP contribution < -0.4 is 5.32 Å². The highest BCUT2D eigenvalue weighted by molar-refractivity contribution is 7.89. The minimum atomic E-state index is -4.52. The van der Waals surface area contributed by atoms with E-state index in [1.165, 1.54) is 27.2 Å². The number of piperidine rings is 1. The molecule has 1 aliphatic rings. The van der Waals surface area contributed by atoms with Gasteiger partial charge in [-0.2, -0.15) is 27.3 Å². The number of nitrogens with one attached hydrogen (secondary N) is 1. The number of halogens is 3. The van der Waals surface area contributed by atoms with Gasteiger partial charge in [0.1, 0.15) is 5.82 Å². The molecule has 8 nitrogen and oxygen atoms in total. The number of hydrogen-bond acceptors (Lipinski definition) is 5. The van der Waals surface area contributed by atoms with Crippen LogP contribution in [-0.2, 0) is 21.0 Å². The third-order valence-electron chi connectivity index (χ3n) is 5.51. The largest absolute Gasteiger partial charge is 0.417 e. The molecule has 0 aliphatic carbocycles. The number of carbonyl (C=O) groups is 1. The fourth-order valence-electron chi connectivity index (χ4n) is 3.79. The molecule has 1 amide bonds. The van der Waals surface area contributed by atoms with Crippen molar-refractivity contribution in [2.75, 3.05) is 18.4 Å². The molecule has 1 N–H and O–H groups in total. The van der Waals surface area contributed by atoms with Crippen LogP contribution in [0.5, 0.6) is 0 Å². The maximum Gasteiger partial charge on any atom is 0.417 e. The van der Waals surface area contributed by atoms with Crippen molar-refractivity contribution in [1.29, 1.82) is 0 Å². The molecule has 1 aliphatic heterocycles. The molecule has 1 unspecified atom stereocenters. The Morgan fingerprint density at radius 1 is 1.15 bits per heavy atom. The summed E-state index contributed by atoms with van der Waals surface area (Å²) in [5, 5.41) is 6.95. The Morgan fingerprint density at radius 3 is 2.53 bits per heavy atom. The quantitative estimate of drug-likeness (QED) is 0.586. The first-order chi connectivity index (χ1) is 16.1. The Labute approximate surface area is 194 Å². The van der Waals surface area contributed by atoms with Gasteiger partial charge in [0, 0.05) is 25.4 Å². The van der Waals surface area contributed by atoms with Crippen molar-refractivity contribution >= 4 is 21.7 Å². The summed E-state index contributed by atoms with van der Waals surface area (Å²) in [4.78, 5) is 17.0. The topological polar surface area (TPSA) is 97.2 Å². The zero-order valence-corrected chi connectivity index (χ0v) is 19.0. The van der Waals surface area contributed by atoms with Gasteiger partial charge >= 0.3 is 6.18 Å². The first-order valence-corrected chi connectivity index (χ1v) is 12.0. The van der Waals surface area contributed by atoms with Gasteiger partial charge in [-0.3, -0.25) is 4.79 Å². The monoisotopic (exact) mass is 493 g/mol. The predicted octanol–water partition coefficient (Wildman–Crippen LogP) is 3.63. The number of carbonyl (C=O) groups excluding carboxylic acids is 1. The number of aromatic nitrogens is 3. The molecule has 2 aromatic heterocycles. The van der Waals surface area contributed by atoms with Gasteiger partial charge < -0.3 is 5.32 Å². The summed E-state index contributed by atoms with van der Waals surface area (Å²) in [5.74, 6) is -0.663. The van der Waals surface area contributed by atoms with Crippen molar-refractivity contribution in [2.24, 2.45) is 5.92 Å². The summed E-state index contributed by atoms with van der Waals surface area (Å²) < 4.78 is 67.0. The Kier molecular flexibility index (Phi) is 6.45. The zero-order chi connectivity index (χ0) is 24.5. The van der Waals surface area contributed by atoms with Crippen LogP contribution in [0.25, 0.3) is 5.82 Å². The van der Waals surface area contributed by atoms with Crippen LogP contribution in [0.1, 0.15) is 24.1 Å². The zero-order valence-electron chi connectivity index (χ0n) is 18.2. The minimum Gasteiger partial charge on any atom is -0.310 e. The second-order valence-corrected chi connectivity index (χ2v) is 9.93. The van der Waals surface area contributed by atoms with E-state index in [4.69, 9.17) is 0 Å². The summed E-state index contributed by atoms with van der Waals surface area (Å²) in [6, 6.07) is 11.6. The maximum absolute atomic E-state index is 13.0. The number of aryl methyl sites for hydroxylation is 1. The van der Waals surface area contributed by atoms with E-state index in [1.807, 2.05) is 0 Å². The lowest BCUT2D eigenvalue weighted by Gasteiger charge is -2.31. The van der Waals surface area contributed by atoms with Gasteiger partial charge in [-0.25, -0.2) is 13.4 Å². The number of anilines is 1. The molecule has 1 fully saturated rings. The number of pyridine rings is 1. The Balaban J connectivity index is 1.51. The van der Waals surface area contributed by atoms with Crippen molar-refractivity contribution < 1.29 is 26.4 Å². The predicted molar refractivity (Wildman–Crippen MR) is 118 cm³/mol. The number of nitrogens with zero attached hydrogens (tertiary/aromatic N) is 4. The SMILES string of the molecule is Cc1cc(NC(=O)C2CCCN(S(=O)(=O)c3ccccc3)C2)n(-c2ccc(C(F)(F)F)cn2)n1. The fraction of sp³-hybridized carbons (Fsp3) is 0.318. The average Bonchev–Trinajstić information content (AvgIpc) is 3.19. The molecule has 1 atom stereocenters. The molecule has 0 saturated carbocycles. The lowest BCUT2D eigenvalue weighted by Crippen LogP contribution is -2.43. The molecule has 3 aromatic rings. The van der Waals surface area contributed by atoms with Crippen LogP contribution in [0.4, 0.5) is 19.0 Å². The van der Waals surface area contributed by atoms with E-state index < -0.39 is 33.6 Å². The van der Waals surface area contributed by atoms with Gasteiger partial charge in [0.05, 0.1) is 22.1 Å². The van der Waals surface area contributed by atoms with Crippen LogP contribution in [0.2, 0.25) is 0 Å². The van der Waals surface area contributed by atoms with Crippen LogP contribution in [0.3, 0.4) is 0 Å². The first kappa shape index (κ1) is 23.9. The Morgan fingerprint density at radius 2 is 1.88 bits per heavy atom. The smallest absolute Gasteiger partial charge is 0.310 e. The van der Waals surface area contributed by atoms with E-state index in [-0.39, 0.29) is 23.1 Å². The van der Waals surface area contributed by atoms with E-state index in [1.54, 1.807) is 31.2 Å². The van der Waals surface area contributed by atoms with Crippen molar-refractivity contribution in [3.63, 3.8) is 0 Å². The van der Waals surface area contributed by atoms with Gasteiger partial charge in [-0.15, -0.1) is 0 Å². The van der Waals surface area contributed by atoms with Gasteiger partial charge in [0.15, 0.2) is 5.82 Å². The van der Waals surface area contributed by atoms with Gasteiger partial charge in [0.25, 0.3) is 0 Å². The molecule has 180 valence electrons. The molecule has 3 heterocycles. The fourth-order valence-corrected chi connectivity index (χ4v) is 5.33. The molecule has 4 rings (SSSR count). The molecule has 34 heavy (non-hydrogen) atoms. The second-order valence-electron chi connectivity index (χ2n) is 7.99. The summed E-state index contributed by atoms with van der Waals surface area (Å²) in [5.41, 5.74) is -0.374. The summed E-state index contributed by atoms with van der Waals surface area (Å²) in [6.45, 7) is 2.01. The molecule has 0 spiro atoms. The second kappa shape index (κ2) is 9.18. The van der Waals surface area contributed by atoms with Crippen LogP contribution >= 0.6 is 0 Å². The van der Waals surface area contributed by atoms with E-state index in [9.17, 15) is 26.4 Å². The van der Waals surface area contributed by atoms with Crippen molar-refractivity contribution in [3.8, 4) is 5.82 Å². The third-order valence-corrected chi connectivity index (χ3v) is 7.39. The number of alkyl halides is 3. The van der Waals surface area contributed by atoms with Gasteiger partial charge in [0.2, 0.25) is 15.9 Å². The molecular weight excluding hydrogens is 471 g/mol. The molecule has 1 aromatic carbocycles.